The van der Waals surface area contributed by atoms with E-state index in [1.807, 2.05) is 0 Å². The summed E-state index contributed by atoms with van der Waals surface area (Å²) in [6, 6.07) is 8.85. The van der Waals surface area contributed by atoms with Crippen molar-refractivity contribution in [2.75, 3.05) is 6.61 Å². The van der Waals surface area contributed by atoms with Crippen LogP contribution in [0.2, 0.25) is 0 Å². The molecule has 2 unspecified atom stereocenters. The molecular formula is C15H24N2O. The van der Waals surface area contributed by atoms with Crippen LogP contribution in [-0.2, 0) is 4.74 Å². The van der Waals surface area contributed by atoms with Gasteiger partial charge in [-0.05, 0) is 44.6 Å². The lowest BCUT2D eigenvalue weighted by Crippen LogP contribution is -2.28. The molecule has 100 valence electrons. The summed E-state index contributed by atoms with van der Waals surface area (Å²) in [6.07, 6.45) is 6.32. The Morgan fingerprint density at radius 2 is 2.17 bits per heavy atom. The van der Waals surface area contributed by atoms with E-state index in [1.165, 1.54) is 24.0 Å². The Hall–Kier alpha value is -0.900. The second-order valence-corrected chi connectivity index (χ2v) is 5.20. The molecule has 0 spiro atoms. The second kappa shape index (κ2) is 6.88. The standard InChI is InChI=1S/C15H24N2O/c1-12-7-9-13(10-8-12)15(17-16)6-2-4-14-5-3-11-18-14/h7-10,14-15,17H,2-6,11,16H2,1H3. The number of nitrogens with one attached hydrogen (secondary N) is 1. The predicted octanol–water partition coefficient (Wildman–Crippen LogP) is 2.85. The molecule has 1 aliphatic rings. The molecule has 18 heavy (non-hydrogen) atoms. The van der Waals surface area contributed by atoms with Crippen LogP contribution in [-0.4, -0.2) is 12.7 Å². The minimum absolute atomic E-state index is 0.256. The van der Waals surface area contributed by atoms with Gasteiger partial charge in [-0.15, -0.1) is 0 Å². The Bertz CT molecular complexity index is 344. The Kier molecular flexibility index (Phi) is 5.17. The number of hydrazine groups is 1. The fourth-order valence-electron chi connectivity index (χ4n) is 2.57. The highest BCUT2D eigenvalue weighted by molar-refractivity contribution is 5.23. The van der Waals surface area contributed by atoms with Crippen LogP contribution in [0.5, 0.6) is 0 Å². The van der Waals surface area contributed by atoms with Crippen LogP contribution in [0.3, 0.4) is 0 Å². The van der Waals surface area contributed by atoms with Gasteiger partial charge in [0.1, 0.15) is 0 Å². The summed E-state index contributed by atoms with van der Waals surface area (Å²) in [4.78, 5) is 0. The summed E-state index contributed by atoms with van der Waals surface area (Å²) >= 11 is 0. The molecular weight excluding hydrogens is 224 g/mol. The summed E-state index contributed by atoms with van der Waals surface area (Å²) in [5.41, 5.74) is 5.48. The van der Waals surface area contributed by atoms with Gasteiger partial charge >= 0.3 is 0 Å². The van der Waals surface area contributed by atoms with Crippen LogP contribution in [0.15, 0.2) is 24.3 Å². The summed E-state index contributed by atoms with van der Waals surface area (Å²) in [5.74, 6) is 5.66. The van der Waals surface area contributed by atoms with Crippen LogP contribution >= 0.6 is 0 Å². The maximum Gasteiger partial charge on any atom is 0.0576 e. The first-order chi connectivity index (χ1) is 8.79. The largest absolute Gasteiger partial charge is 0.378 e. The van der Waals surface area contributed by atoms with Crippen LogP contribution in [0.1, 0.15) is 49.3 Å². The van der Waals surface area contributed by atoms with Gasteiger partial charge in [-0.2, -0.15) is 0 Å². The van der Waals surface area contributed by atoms with E-state index in [2.05, 4.69) is 36.6 Å². The fraction of sp³-hybridized carbons (Fsp3) is 0.600. The van der Waals surface area contributed by atoms with Gasteiger partial charge in [0.15, 0.2) is 0 Å². The second-order valence-electron chi connectivity index (χ2n) is 5.20. The first-order valence-corrected chi connectivity index (χ1v) is 6.94. The van der Waals surface area contributed by atoms with E-state index < -0.39 is 0 Å². The van der Waals surface area contributed by atoms with E-state index in [9.17, 15) is 0 Å². The lowest BCUT2D eigenvalue weighted by Gasteiger charge is -2.17. The van der Waals surface area contributed by atoms with Gasteiger partial charge in [-0.1, -0.05) is 29.8 Å². The molecule has 1 aromatic carbocycles. The van der Waals surface area contributed by atoms with Crippen molar-refractivity contribution in [3.05, 3.63) is 35.4 Å². The molecule has 1 saturated heterocycles. The lowest BCUT2D eigenvalue weighted by molar-refractivity contribution is 0.101. The average Bonchev–Trinajstić information content (AvgIpc) is 2.89. The summed E-state index contributed by atoms with van der Waals surface area (Å²) in [7, 11) is 0. The molecule has 1 aromatic rings. The molecule has 2 atom stereocenters. The number of ether oxygens (including phenoxy) is 1. The number of rotatable bonds is 6. The van der Waals surface area contributed by atoms with E-state index in [4.69, 9.17) is 10.6 Å². The number of hydrogen-bond donors (Lipinski definition) is 2. The molecule has 0 aromatic heterocycles. The van der Waals surface area contributed by atoms with Gasteiger partial charge in [0.25, 0.3) is 0 Å². The highest BCUT2D eigenvalue weighted by atomic mass is 16.5. The van der Waals surface area contributed by atoms with Crippen LogP contribution in [0.25, 0.3) is 0 Å². The van der Waals surface area contributed by atoms with Gasteiger partial charge < -0.3 is 4.74 Å². The topological polar surface area (TPSA) is 47.3 Å². The third kappa shape index (κ3) is 3.80. The Morgan fingerprint density at radius 3 is 2.78 bits per heavy atom. The van der Waals surface area contributed by atoms with Crippen molar-refractivity contribution >= 4 is 0 Å². The molecule has 0 radical (unpaired) electrons. The predicted molar refractivity (Wildman–Crippen MR) is 74.1 cm³/mol. The molecule has 3 nitrogen and oxygen atoms in total. The molecule has 0 aliphatic carbocycles. The summed E-state index contributed by atoms with van der Waals surface area (Å²) in [5, 5.41) is 0. The maximum absolute atomic E-state index is 5.66. The van der Waals surface area contributed by atoms with E-state index in [0.717, 1.165) is 25.9 Å². The molecule has 2 rings (SSSR count). The summed E-state index contributed by atoms with van der Waals surface area (Å²) in [6.45, 7) is 3.05. The number of benzene rings is 1. The van der Waals surface area contributed by atoms with Crippen LogP contribution in [0, 0.1) is 6.92 Å². The third-order valence-electron chi connectivity index (χ3n) is 3.72. The number of hydrogen-bond acceptors (Lipinski definition) is 3. The van der Waals surface area contributed by atoms with Crippen LogP contribution < -0.4 is 11.3 Å². The van der Waals surface area contributed by atoms with Crippen molar-refractivity contribution in [1.82, 2.24) is 5.43 Å². The molecule has 0 saturated carbocycles. The van der Waals surface area contributed by atoms with E-state index in [-0.39, 0.29) is 6.04 Å². The van der Waals surface area contributed by atoms with E-state index in [1.54, 1.807) is 0 Å². The van der Waals surface area contributed by atoms with E-state index in [0.29, 0.717) is 6.10 Å². The minimum Gasteiger partial charge on any atom is -0.378 e. The van der Waals surface area contributed by atoms with Gasteiger partial charge in [-0.25, -0.2) is 0 Å². The smallest absolute Gasteiger partial charge is 0.0576 e. The SMILES string of the molecule is Cc1ccc(C(CCCC2CCCO2)NN)cc1. The first-order valence-electron chi connectivity index (χ1n) is 6.94. The molecule has 1 aliphatic heterocycles. The Morgan fingerprint density at radius 1 is 1.39 bits per heavy atom. The minimum atomic E-state index is 0.256. The zero-order valence-corrected chi connectivity index (χ0v) is 11.2. The molecule has 1 heterocycles. The van der Waals surface area contributed by atoms with Gasteiger partial charge in [0, 0.05) is 12.6 Å². The molecule has 3 N–H and O–H groups in total. The molecule has 3 heteroatoms. The first kappa shape index (κ1) is 13.5. The van der Waals surface area contributed by atoms with Crippen molar-refractivity contribution in [3.63, 3.8) is 0 Å². The van der Waals surface area contributed by atoms with E-state index >= 15 is 0 Å². The monoisotopic (exact) mass is 248 g/mol. The van der Waals surface area contributed by atoms with Gasteiger partial charge in [0.05, 0.1) is 6.10 Å². The Labute approximate surface area is 110 Å². The van der Waals surface area contributed by atoms with Crippen molar-refractivity contribution in [1.29, 1.82) is 0 Å². The zero-order chi connectivity index (χ0) is 12.8. The quantitative estimate of drug-likeness (QED) is 0.601. The molecule has 0 amide bonds. The van der Waals surface area contributed by atoms with Crippen LogP contribution in [0.4, 0.5) is 0 Å². The zero-order valence-electron chi connectivity index (χ0n) is 11.2. The van der Waals surface area contributed by atoms with Crippen molar-refractivity contribution in [3.8, 4) is 0 Å². The van der Waals surface area contributed by atoms with Crippen molar-refractivity contribution in [2.24, 2.45) is 5.84 Å². The van der Waals surface area contributed by atoms with Gasteiger partial charge in [0.2, 0.25) is 0 Å². The lowest BCUT2D eigenvalue weighted by atomic mass is 9.99. The number of aryl methyl sites for hydroxylation is 1. The van der Waals surface area contributed by atoms with Crippen molar-refractivity contribution < 1.29 is 4.74 Å². The number of nitrogens with two attached hydrogens (primary N) is 1. The summed E-state index contributed by atoms with van der Waals surface area (Å²) < 4.78 is 5.64. The molecule has 1 fully saturated rings. The highest BCUT2D eigenvalue weighted by Crippen LogP contribution is 2.23. The third-order valence-corrected chi connectivity index (χ3v) is 3.72. The highest BCUT2D eigenvalue weighted by Gasteiger charge is 2.16. The normalized spacial score (nSPS) is 21.1. The fourth-order valence-corrected chi connectivity index (χ4v) is 2.57. The van der Waals surface area contributed by atoms with Crippen molar-refractivity contribution in [2.45, 2.75) is 51.2 Å². The van der Waals surface area contributed by atoms with Gasteiger partial charge in [-0.3, -0.25) is 11.3 Å². The average molecular weight is 248 g/mol. The molecule has 0 bridgehead atoms. The maximum atomic E-state index is 5.66. The Balaban J connectivity index is 1.79.